The van der Waals surface area contributed by atoms with Gasteiger partial charge >= 0.3 is 0 Å². The highest BCUT2D eigenvalue weighted by molar-refractivity contribution is 6.34. The number of ether oxygens (including phenoxy) is 2. The fraction of sp³-hybridized carbons (Fsp3) is 0.500. The van der Waals surface area contributed by atoms with Gasteiger partial charge in [-0.3, -0.25) is 4.90 Å². The molecule has 1 aliphatic rings. The Bertz CT molecular complexity index is 659. The minimum Gasteiger partial charge on any atom is -0.493 e. The van der Waals surface area contributed by atoms with Crippen molar-refractivity contribution in [1.29, 1.82) is 0 Å². The fourth-order valence-corrected chi connectivity index (χ4v) is 3.02. The Labute approximate surface area is 135 Å². The first-order chi connectivity index (χ1) is 10.7. The highest BCUT2D eigenvalue weighted by Gasteiger charge is 2.20. The van der Waals surface area contributed by atoms with E-state index < -0.39 is 0 Å². The second-order valence-corrected chi connectivity index (χ2v) is 5.86. The summed E-state index contributed by atoms with van der Waals surface area (Å²) in [6, 6.07) is 3.69. The van der Waals surface area contributed by atoms with Crippen LogP contribution in [0, 0.1) is 0 Å². The highest BCUT2D eigenvalue weighted by Crippen LogP contribution is 2.34. The molecule has 0 aliphatic carbocycles. The van der Waals surface area contributed by atoms with Crippen molar-refractivity contribution in [2.75, 3.05) is 20.2 Å². The summed E-state index contributed by atoms with van der Waals surface area (Å²) >= 11 is 6.11. The van der Waals surface area contributed by atoms with Gasteiger partial charge in [0, 0.05) is 24.5 Å². The van der Waals surface area contributed by atoms with Gasteiger partial charge in [0.25, 0.3) is 0 Å². The number of hydrogen-bond acceptors (Lipinski definition) is 5. The van der Waals surface area contributed by atoms with E-state index in [0.29, 0.717) is 16.7 Å². The van der Waals surface area contributed by atoms with Crippen LogP contribution in [0.3, 0.4) is 0 Å². The van der Waals surface area contributed by atoms with Crippen molar-refractivity contribution in [3.63, 3.8) is 0 Å². The summed E-state index contributed by atoms with van der Waals surface area (Å²) in [6.07, 6.45) is 5.22. The Morgan fingerprint density at radius 3 is 2.64 bits per heavy atom. The molecule has 1 aromatic heterocycles. The summed E-state index contributed by atoms with van der Waals surface area (Å²) < 4.78 is 11.6. The number of halogens is 1. The minimum absolute atomic E-state index is 0.00367. The first-order valence-corrected chi connectivity index (χ1v) is 7.96. The monoisotopic (exact) mass is 321 g/mol. The first-order valence-electron chi connectivity index (χ1n) is 7.58. The SMILES string of the molecule is COc1cc2c(Cl)ncnc2cc1OC(C)N1CCCCC1. The number of aromatic nitrogens is 2. The van der Waals surface area contributed by atoms with E-state index in [4.69, 9.17) is 21.1 Å². The van der Waals surface area contributed by atoms with Gasteiger partial charge in [0.15, 0.2) is 11.5 Å². The standard InChI is InChI=1S/C16H20ClN3O2/c1-11(20-6-4-3-5-7-20)22-15-9-13-12(8-14(15)21-2)16(17)19-10-18-13/h8-11H,3-7H2,1-2H3. The van der Waals surface area contributed by atoms with Crippen molar-refractivity contribution in [2.24, 2.45) is 0 Å². The number of likely N-dealkylation sites (tertiary alicyclic amines) is 1. The first kappa shape index (κ1) is 15.3. The maximum atomic E-state index is 6.12. The highest BCUT2D eigenvalue weighted by atomic mass is 35.5. The van der Waals surface area contributed by atoms with Crippen molar-refractivity contribution in [3.8, 4) is 11.5 Å². The van der Waals surface area contributed by atoms with Crippen LogP contribution in [0.1, 0.15) is 26.2 Å². The second kappa shape index (κ2) is 6.67. The largest absolute Gasteiger partial charge is 0.493 e. The van der Waals surface area contributed by atoms with Crippen LogP contribution in [0.5, 0.6) is 11.5 Å². The molecule has 3 rings (SSSR count). The molecule has 1 aliphatic heterocycles. The van der Waals surface area contributed by atoms with Gasteiger partial charge in [0.05, 0.1) is 12.6 Å². The summed E-state index contributed by atoms with van der Waals surface area (Å²) in [7, 11) is 1.62. The molecule has 0 radical (unpaired) electrons. The quantitative estimate of drug-likeness (QED) is 0.807. The molecular weight excluding hydrogens is 302 g/mol. The predicted molar refractivity (Wildman–Crippen MR) is 86.6 cm³/mol. The molecule has 1 saturated heterocycles. The van der Waals surface area contributed by atoms with Crippen LogP contribution in [0.25, 0.3) is 10.9 Å². The van der Waals surface area contributed by atoms with Crippen molar-refractivity contribution in [2.45, 2.75) is 32.4 Å². The molecule has 1 aromatic carbocycles. The van der Waals surface area contributed by atoms with E-state index in [1.807, 2.05) is 12.1 Å². The number of rotatable bonds is 4. The number of methoxy groups -OCH3 is 1. The second-order valence-electron chi connectivity index (χ2n) is 5.50. The number of hydrogen-bond donors (Lipinski definition) is 0. The predicted octanol–water partition coefficient (Wildman–Crippen LogP) is 3.50. The van der Waals surface area contributed by atoms with E-state index in [-0.39, 0.29) is 6.23 Å². The molecule has 1 atom stereocenters. The van der Waals surface area contributed by atoms with E-state index >= 15 is 0 Å². The maximum Gasteiger partial charge on any atom is 0.165 e. The lowest BCUT2D eigenvalue weighted by Crippen LogP contribution is -2.40. The topological polar surface area (TPSA) is 47.5 Å². The van der Waals surface area contributed by atoms with E-state index in [2.05, 4.69) is 21.8 Å². The van der Waals surface area contributed by atoms with Crippen LogP contribution in [0.2, 0.25) is 5.15 Å². The fourth-order valence-electron chi connectivity index (χ4n) is 2.82. The van der Waals surface area contributed by atoms with Crippen LogP contribution in [0.4, 0.5) is 0 Å². The zero-order valence-corrected chi connectivity index (χ0v) is 13.6. The number of fused-ring (bicyclic) bond motifs is 1. The van der Waals surface area contributed by atoms with Gasteiger partial charge in [-0.15, -0.1) is 0 Å². The van der Waals surface area contributed by atoms with Crippen molar-refractivity contribution in [1.82, 2.24) is 14.9 Å². The molecule has 2 aromatic rings. The summed E-state index contributed by atoms with van der Waals surface area (Å²) in [5, 5.41) is 1.18. The zero-order chi connectivity index (χ0) is 15.5. The molecule has 5 nitrogen and oxygen atoms in total. The van der Waals surface area contributed by atoms with Crippen LogP contribution < -0.4 is 9.47 Å². The Morgan fingerprint density at radius 2 is 1.91 bits per heavy atom. The molecule has 22 heavy (non-hydrogen) atoms. The molecule has 118 valence electrons. The van der Waals surface area contributed by atoms with Gasteiger partial charge in [0.1, 0.15) is 17.7 Å². The lowest BCUT2D eigenvalue weighted by molar-refractivity contribution is 0.0246. The molecule has 0 spiro atoms. The van der Waals surface area contributed by atoms with Gasteiger partial charge in [-0.25, -0.2) is 9.97 Å². The normalized spacial score (nSPS) is 17.4. The summed E-state index contributed by atoms with van der Waals surface area (Å²) in [5.74, 6) is 1.33. The molecular formula is C16H20ClN3O2. The van der Waals surface area contributed by atoms with Crippen LogP contribution in [-0.4, -0.2) is 41.3 Å². The molecule has 0 saturated carbocycles. The van der Waals surface area contributed by atoms with E-state index in [1.54, 1.807) is 7.11 Å². The molecule has 0 N–H and O–H groups in total. The van der Waals surface area contributed by atoms with Crippen LogP contribution in [0.15, 0.2) is 18.5 Å². The van der Waals surface area contributed by atoms with Crippen molar-refractivity contribution >= 4 is 22.5 Å². The number of benzene rings is 1. The summed E-state index contributed by atoms with van der Waals surface area (Å²) in [6.45, 7) is 4.22. The number of nitrogens with zero attached hydrogens (tertiary/aromatic N) is 3. The van der Waals surface area contributed by atoms with Gasteiger partial charge < -0.3 is 9.47 Å². The Kier molecular flexibility index (Phi) is 4.64. The lowest BCUT2D eigenvalue weighted by Gasteiger charge is -2.32. The van der Waals surface area contributed by atoms with Gasteiger partial charge in [-0.05, 0) is 25.8 Å². The third-order valence-corrected chi connectivity index (χ3v) is 4.38. The Balaban J connectivity index is 1.88. The van der Waals surface area contributed by atoms with E-state index in [1.165, 1.54) is 25.6 Å². The molecule has 2 heterocycles. The molecule has 6 heteroatoms. The van der Waals surface area contributed by atoms with Crippen molar-refractivity contribution < 1.29 is 9.47 Å². The number of piperidine rings is 1. The third-order valence-electron chi connectivity index (χ3n) is 4.07. The molecule has 1 fully saturated rings. The van der Waals surface area contributed by atoms with Crippen molar-refractivity contribution in [3.05, 3.63) is 23.6 Å². The average molecular weight is 322 g/mol. The molecule has 0 bridgehead atoms. The van der Waals surface area contributed by atoms with Gasteiger partial charge in [0.2, 0.25) is 0 Å². The van der Waals surface area contributed by atoms with Crippen LogP contribution >= 0.6 is 11.6 Å². The lowest BCUT2D eigenvalue weighted by atomic mass is 10.1. The Hall–Kier alpha value is -1.59. The van der Waals surface area contributed by atoms with Crippen LogP contribution in [-0.2, 0) is 0 Å². The summed E-state index contributed by atoms with van der Waals surface area (Å²) in [4.78, 5) is 10.6. The molecule has 1 unspecified atom stereocenters. The smallest absolute Gasteiger partial charge is 0.165 e. The zero-order valence-electron chi connectivity index (χ0n) is 12.9. The third kappa shape index (κ3) is 3.10. The Morgan fingerprint density at radius 1 is 1.14 bits per heavy atom. The van der Waals surface area contributed by atoms with E-state index in [9.17, 15) is 0 Å². The van der Waals surface area contributed by atoms with E-state index in [0.717, 1.165) is 24.0 Å². The van der Waals surface area contributed by atoms with Gasteiger partial charge in [-0.1, -0.05) is 18.0 Å². The minimum atomic E-state index is 0.00367. The van der Waals surface area contributed by atoms with Gasteiger partial charge in [-0.2, -0.15) is 0 Å². The molecule has 0 amide bonds. The average Bonchev–Trinajstić information content (AvgIpc) is 2.55. The summed E-state index contributed by atoms with van der Waals surface area (Å²) in [5.41, 5.74) is 0.752. The maximum absolute atomic E-state index is 6.12.